The SMILES string of the molecule is Cc1ccccc1S(=O)(=O)NC[C@H](c1ccc(N(C)C)cc1)[NH+](C)C. The fourth-order valence-electron chi connectivity index (χ4n) is 2.79. The maximum atomic E-state index is 12.6. The van der Waals surface area contributed by atoms with Gasteiger partial charge >= 0.3 is 0 Å². The Morgan fingerprint density at radius 1 is 1.04 bits per heavy atom. The molecule has 0 aliphatic carbocycles. The number of quaternary nitrogens is 1. The van der Waals surface area contributed by atoms with Crippen molar-refractivity contribution in [1.82, 2.24) is 4.72 Å². The lowest BCUT2D eigenvalue weighted by atomic mass is 10.1. The monoisotopic (exact) mass is 362 g/mol. The number of nitrogens with zero attached hydrogens (tertiary/aromatic N) is 1. The van der Waals surface area contributed by atoms with Crippen LogP contribution in [0.4, 0.5) is 5.69 Å². The highest BCUT2D eigenvalue weighted by Gasteiger charge is 2.23. The summed E-state index contributed by atoms with van der Waals surface area (Å²) >= 11 is 0. The zero-order valence-electron chi connectivity index (χ0n) is 15.6. The predicted octanol–water partition coefficient (Wildman–Crippen LogP) is 1.23. The normalized spacial score (nSPS) is 13.0. The van der Waals surface area contributed by atoms with E-state index in [1.165, 1.54) is 4.90 Å². The smallest absolute Gasteiger partial charge is 0.241 e. The Morgan fingerprint density at radius 3 is 2.16 bits per heavy atom. The molecule has 0 unspecified atom stereocenters. The van der Waals surface area contributed by atoms with Crippen LogP contribution >= 0.6 is 0 Å². The number of aryl methyl sites for hydroxylation is 1. The van der Waals surface area contributed by atoms with Gasteiger partial charge in [0.1, 0.15) is 6.04 Å². The zero-order chi connectivity index (χ0) is 18.6. The second-order valence-electron chi connectivity index (χ2n) is 6.73. The van der Waals surface area contributed by atoms with Crippen molar-refractivity contribution in [1.29, 1.82) is 0 Å². The van der Waals surface area contributed by atoms with Crippen LogP contribution in [0.1, 0.15) is 17.2 Å². The van der Waals surface area contributed by atoms with E-state index in [4.69, 9.17) is 0 Å². The second-order valence-corrected chi connectivity index (χ2v) is 8.47. The molecule has 0 heterocycles. The Labute approximate surface area is 151 Å². The Bertz CT molecular complexity index is 800. The lowest BCUT2D eigenvalue weighted by Gasteiger charge is -2.23. The summed E-state index contributed by atoms with van der Waals surface area (Å²) in [7, 11) is 4.55. The number of benzene rings is 2. The van der Waals surface area contributed by atoms with E-state index in [-0.39, 0.29) is 6.04 Å². The van der Waals surface area contributed by atoms with E-state index in [2.05, 4.69) is 29.0 Å². The van der Waals surface area contributed by atoms with Gasteiger partial charge in [-0.2, -0.15) is 0 Å². The van der Waals surface area contributed by atoms with Gasteiger partial charge in [0, 0.05) is 25.3 Å². The van der Waals surface area contributed by atoms with E-state index < -0.39 is 10.0 Å². The summed E-state index contributed by atoms with van der Waals surface area (Å²) in [5.41, 5.74) is 2.98. The van der Waals surface area contributed by atoms with Crippen molar-refractivity contribution in [3.8, 4) is 0 Å². The first-order chi connectivity index (χ1) is 11.7. The third-order valence-electron chi connectivity index (χ3n) is 4.37. The van der Waals surface area contributed by atoms with Crippen LogP contribution in [0.5, 0.6) is 0 Å². The number of hydrogen-bond acceptors (Lipinski definition) is 3. The van der Waals surface area contributed by atoms with Gasteiger partial charge in [-0.3, -0.25) is 0 Å². The first kappa shape index (κ1) is 19.4. The van der Waals surface area contributed by atoms with Gasteiger partial charge in [-0.05, 0) is 30.7 Å². The van der Waals surface area contributed by atoms with Gasteiger partial charge in [0.2, 0.25) is 10.0 Å². The molecule has 0 saturated carbocycles. The van der Waals surface area contributed by atoms with Crippen LogP contribution in [0.2, 0.25) is 0 Å². The fourth-order valence-corrected chi connectivity index (χ4v) is 4.08. The molecule has 0 fully saturated rings. The molecule has 0 aromatic heterocycles. The van der Waals surface area contributed by atoms with Gasteiger partial charge in [-0.1, -0.05) is 30.3 Å². The summed E-state index contributed by atoms with van der Waals surface area (Å²) < 4.78 is 28.0. The average molecular weight is 363 g/mol. The molecule has 2 aromatic rings. The molecule has 0 radical (unpaired) electrons. The molecule has 2 N–H and O–H groups in total. The summed E-state index contributed by atoms with van der Waals surface area (Å²) in [5, 5.41) is 0. The molecule has 136 valence electrons. The van der Waals surface area contributed by atoms with Gasteiger partial charge in [0.25, 0.3) is 0 Å². The molecule has 0 bridgehead atoms. The Hall–Kier alpha value is -1.89. The molecule has 2 aromatic carbocycles. The van der Waals surface area contributed by atoms with E-state index >= 15 is 0 Å². The first-order valence-electron chi connectivity index (χ1n) is 8.35. The highest BCUT2D eigenvalue weighted by atomic mass is 32.2. The minimum absolute atomic E-state index is 0.0370. The molecule has 0 spiro atoms. The zero-order valence-corrected chi connectivity index (χ0v) is 16.4. The molecule has 0 aliphatic rings. The maximum Gasteiger partial charge on any atom is 0.241 e. The summed E-state index contributed by atoms with van der Waals surface area (Å²) in [5.74, 6) is 0. The third kappa shape index (κ3) is 4.81. The molecule has 25 heavy (non-hydrogen) atoms. The topological polar surface area (TPSA) is 53.9 Å². The van der Waals surface area contributed by atoms with Crippen LogP contribution in [0.3, 0.4) is 0 Å². The van der Waals surface area contributed by atoms with Crippen LogP contribution in [0.15, 0.2) is 53.4 Å². The predicted molar refractivity (Wildman–Crippen MR) is 103 cm³/mol. The Balaban J connectivity index is 2.18. The van der Waals surface area contributed by atoms with Crippen molar-refractivity contribution in [2.45, 2.75) is 17.9 Å². The average Bonchev–Trinajstić information content (AvgIpc) is 2.55. The van der Waals surface area contributed by atoms with E-state index in [1.807, 2.05) is 52.1 Å². The van der Waals surface area contributed by atoms with Gasteiger partial charge in [-0.15, -0.1) is 0 Å². The third-order valence-corrected chi connectivity index (χ3v) is 5.95. The van der Waals surface area contributed by atoms with E-state index in [0.29, 0.717) is 11.4 Å². The minimum Gasteiger partial charge on any atom is -0.378 e. The summed E-state index contributed by atoms with van der Waals surface area (Å²) in [4.78, 5) is 3.55. The highest BCUT2D eigenvalue weighted by molar-refractivity contribution is 7.89. The molecular formula is C19H28N3O2S+. The number of sulfonamides is 1. The summed E-state index contributed by atoms with van der Waals surface area (Å²) in [6.07, 6.45) is 0. The highest BCUT2D eigenvalue weighted by Crippen LogP contribution is 2.18. The van der Waals surface area contributed by atoms with Crippen LogP contribution < -0.4 is 14.5 Å². The van der Waals surface area contributed by atoms with Crippen LogP contribution in [0.25, 0.3) is 0 Å². The lowest BCUT2D eigenvalue weighted by molar-refractivity contribution is -0.890. The molecule has 6 heteroatoms. The quantitative estimate of drug-likeness (QED) is 0.779. The van der Waals surface area contributed by atoms with Gasteiger partial charge in [-0.25, -0.2) is 13.1 Å². The van der Waals surface area contributed by atoms with Gasteiger partial charge < -0.3 is 9.80 Å². The van der Waals surface area contributed by atoms with E-state index in [0.717, 1.165) is 16.8 Å². The van der Waals surface area contributed by atoms with Crippen LogP contribution in [-0.4, -0.2) is 43.2 Å². The molecular weight excluding hydrogens is 334 g/mol. The summed E-state index contributed by atoms with van der Waals surface area (Å²) in [6, 6.07) is 15.3. The van der Waals surface area contributed by atoms with Crippen molar-refractivity contribution in [2.75, 3.05) is 39.6 Å². The van der Waals surface area contributed by atoms with Gasteiger partial charge in [0.15, 0.2) is 0 Å². The van der Waals surface area contributed by atoms with Crippen LogP contribution in [0, 0.1) is 6.92 Å². The molecule has 0 saturated heterocycles. The fraction of sp³-hybridized carbons (Fsp3) is 0.368. The second kappa shape index (κ2) is 7.99. The molecule has 1 atom stereocenters. The van der Waals surface area contributed by atoms with E-state index in [1.54, 1.807) is 12.1 Å². The summed E-state index contributed by atoms with van der Waals surface area (Å²) in [6.45, 7) is 2.16. The first-order valence-corrected chi connectivity index (χ1v) is 9.83. The largest absolute Gasteiger partial charge is 0.378 e. The van der Waals surface area contributed by atoms with Crippen molar-refractivity contribution in [2.24, 2.45) is 0 Å². The van der Waals surface area contributed by atoms with Crippen molar-refractivity contribution >= 4 is 15.7 Å². The molecule has 0 amide bonds. The standard InChI is InChI=1S/C19H27N3O2S/c1-15-8-6-7-9-19(15)25(23,24)20-14-18(22(4)5)16-10-12-17(13-11-16)21(2)3/h6-13,18,20H,14H2,1-5H3/p+1/t18-/m1/s1. The molecule has 0 aliphatic heterocycles. The number of nitrogens with one attached hydrogen (secondary N) is 2. The molecule has 2 rings (SSSR count). The maximum absolute atomic E-state index is 12.6. The van der Waals surface area contributed by atoms with E-state index in [9.17, 15) is 8.42 Å². The number of likely N-dealkylation sites (N-methyl/N-ethyl adjacent to an activating group) is 1. The Kier molecular flexibility index (Phi) is 6.21. The lowest BCUT2D eigenvalue weighted by Crippen LogP contribution is -3.07. The number of rotatable bonds is 7. The number of hydrogen-bond donors (Lipinski definition) is 2. The minimum atomic E-state index is -3.52. The van der Waals surface area contributed by atoms with Crippen molar-refractivity contribution < 1.29 is 13.3 Å². The Morgan fingerprint density at radius 2 is 1.64 bits per heavy atom. The molecule has 5 nitrogen and oxygen atoms in total. The van der Waals surface area contributed by atoms with Crippen LogP contribution in [-0.2, 0) is 10.0 Å². The van der Waals surface area contributed by atoms with Crippen molar-refractivity contribution in [3.05, 3.63) is 59.7 Å². The van der Waals surface area contributed by atoms with Crippen molar-refractivity contribution in [3.63, 3.8) is 0 Å². The van der Waals surface area contributed by atoms with Gasteiger partial charge in [0.05, 0.1) is 25.5 Å². The number of anilines is 1.